The molecule has 0 aliphatic heterocycles. The lowest BCUT2D eigenvalue weighted by atomic mass is 10.1. The first kappa shape index (κ1) is 24.2. The second-order valence-corrected chi connectivity index (χ2v) is 7.26. The van der Waals surface area contributed by atoms with Crippen LogP contribution < -0.4 is 20.2 Å². The van der Waals surface area contributed by atoms with Crippen molar-refractivity contribution in [2.45, 2.75) is 13.8 Å². The number of hydrogen-bond donors (Lipinski definition) is 2. The molecule has 0 radical (unpaired) electrons. The van der Waals surface area contributed by atoms with Crippen LogP contribution in [0, 0.1) is 6.92 Å². The van der Waals surface area contributed by atoms with Gasteiger partial charge in [-0.1, -0.05) is 17.7 Å². The number of hydrogen-bond acceptors (Lipinski definition) is 6. The Balaban J connectivity index is 1.44. The quantitative estimate of drug-likeness (QED) is 0.221. The zero-order valence-corrected chi connectivity index (χ0v) is 18.9. The van der Waals surface area contributed by atoms with Crippen molar-refractivity contribution in [1.29, 1.82) is 0 Å². The number of esters is 1. The molecular formula is C26H25N3O5. The van der Waals surface area contributed by atoms with Crippen LogP contribution >= 0.6 is 0 Å². The monoisotopic (exact) mass is 459 g/mol. The molecule has 0 aliphatic carbocycles. The summed E-state index contributed by atoms with van der Waals surface area (Å²) in [7, 11) is 0. The van der Waals surface area contributed by atoms with Gasteiger partial charge < -0.3 is 14.8 Å². The topological polar surface area (TPSA) is 106 Å². The van der Waals surface area contributed by atoms with E-state index in [4.69, 9.17) is 9.47 Å². The molecule has 8 heteroatoms. The third-order valence-electron chi connectivity index (χ3n) is 4.58. The molecule has 0 aliphatic rings. The van der Waals surface area contributed by atoms with Crippen LogP contribution in [0.25, 0.3) is 0 Å². The molecule has 2 amide bonds. The fraction of sp³-hybridized carbons (Fsp3) is 0.154. The summed E-state index contributed by atoms with van der Waals surface area (Å²) in [6, 6.07) is 20.4. The third-order valence-corrected chi connectivity index (χ3v) is 4.58. The highest BCUT2D eigenvalue weighted by Crippen LogP contribution is 2.16. The maximum absolute atomic E-state index is 12.3. The van der Waals surface area contributed by atoms with E-state index in [2.05, 4.69) is 15.8 Å². The van der Waals surface area contributed by atoms with Crippen molar-refractivity contribution in [2.24, 2.45) is 5.10 Å². The molecule has 3 aromatic rings. The fourth-order valence-corrected chi connectivity index (χ4v) is 2.91. The number of aryl methyl sites for hydroxylation is 1. The Morgan fingerprint density at radius 3 is 2.29 bits per heavy atom. The van der Waals surface area contributed by atoms with Gasteiger partial charge in [0.2, 0.25) is 0 Å². The molecule has 0 saturated carbocycles. The maximum Gasteiger partial charge on any atom is 0.343 e. The summed E-state index contributed by atoms with van der Waals surface area (Å²) in [4.78, 5) is 36.2. The molecule has 8 nitrogen and oxygen atoms in total. The number of carbonyl (C=O) groups is 3. The van der Waals surface area contributed by atoms with E-state index in [-0.39, 0.29) is 12.5 Å². The molecule has 2 N–H and O–H groups in total. The molecule has 0 spiro atoms. The van der Waals surface area contributed by atoms with Gasteiger partial charge in [-0.3, -0.25) is 9.59 Å². The zero-order chi connectivity index (χ0) is 24.3. The molecular weight excluding hydrogens is 434 g/mol. The lowest BCUT2D eigenvalue weighted by Gasteiger charge is -2.06. The van der Waals surface area contributed by atoms with Crippen LogP contribution in [-0.2, 0) is 4.79 Å². The third kappa shape index (κ3) is 7.30. The smallest absolute Gasteiger partial charge is 0.343 e. The summed E-state index contributed by atoms with van der Waals surface area (Å²) in [5, 5.41) is 6.42. The highest BCUT2D eigenvalue weighted by atomic mass is 16.5. The van der Waals surface area contributed by atoms with Crippen LogP contribution in [0.4, 0.5) is 0 Å². The standard InChI is InChI=1S/C26H25N3O5/c1-3-33-22-13-9-20(10-14-22)26(32)34-23-11-7-19(8-12-23)16-28-29-24(30)17-27-25(31)21-6-4-5-18(2)15-21/h4-16H,3,17H2,1-2H3,(H,27,31)(H,29,30)/b28-16+. The molecule has 0 heterocycles. The van der Waals surface area contributed by atoms with Crippen molar-refractivity contribution in [3.8, 4) is 11.5 Å². The zero-order valence-electron chi connectivity index (χ0n) is 18.9. The lowest BCUT2D eigenvalue weighted by Crippen LogP contribution is -2.34. The first-order valence-electron chi connectivity index (χ1n) is 10.7. The van der Waals surface area contributed by atoms with Gasteiger partial charge in [-0.05, 0) is 80.1 Å². The summed E-state index contributed by atoms with van der Waals surface area (Å²) < 4.78 is 10.7. The Kier molecular flexibility index (Phi) is 8.51. The first-order chi connectivity index (χ1) is 16.4. The predicted octanol–water partition coefficient (Wildman–Crippen LogP) is 3.49. The number of benzene rings is 3. The number of hydrazone groups is 1. The lowest BCUT2D eigenvalue weighted by molar-refractivity contribution is -0.120. The van der Waals surface area contributed by atoms with E-state index in [1.165, 1.54) is 6.21 Å². The van der Waals surface area contributed by atoms with Gasteiger partial charge in [0.1, 0.15) is 11.5 Å². The van der Waals surface area contributed by atoms with Gasteiger partial charge in [0.05, 0.1) is 24.9 Å². The molecule has 3 aromatic carbocycles. The van der Waals surface area contributed by atoms with E-state index < -0.39 is 11.9 Å². The maximum atomic E-state index is 12.3. The number of nitrogens with one attached hydrogen (secondary N) is 2. The molecule has 0 saturated heterocycles. The van der Waals surface area contributed by atoms with Gasteiger partial charge in [0.15, 0.2) is 0 Å². The minimum atomic E-state index is -0.482. The number of nitrogens with zero attached hydrogens (tertiary/aromatic N) is 1. The molecule has 174 valence electrons. The molecule has 34 heavy (non-hydrogen) atoms. The van der Waals surface area contributed by atoms with E-state index in [0.29, 0.717) is 34.8 Å². The Hall–Kier alpha value is -4.46. The van der Waals surface area contributed by atoms with Crippen molar-refractivity contribution >= 4 is 24.0 Å². The molecule has 3 rings (SSSR count). The van der Waals surface area contributed by atoms with Crippen LogP contribution in [0.5, 0.6) is 11.5 Å². The van der Waals surface area contributed by atoms with Gasteiger partial charge >= 0.3 is 5.97 Å². The van der Waals surface area contributed by atoms with Gasteiger partial charge in [0.25, 0.3) is 11.8 Å². The van der Waals surface area contributed by atoms with Gasteiger partial charge in [0, 0.05) is 5.56 Å². The minimum absolute atomic E-state index is 0.204. The van der Waals surface area contributed by atoms with Gasteiger partial charge in [-0.15, -0.1) is 0 Å². The van der Waals surface area contributed by atoms with Crippen LogP contribution in [-0.4, -0.2) is 37.1 Å². The Morgan fingerprint density at radius 2 is 1.62 bits per heavy atom. The Labute approximate surface area is 197 Å². The highest BCUT2D eigenvalue weighted by molar-refractivity contribution is 5.96. The Morgan fingerprint density at radius 1 is 0.912 bits per heavy atom. The molecule has 0 unspecified atom stereocenters. The van der Waals surface area contributed by atoms with Crippen molar-refractivity contribution in [1.82, 2.24) is 10.7 Å². The minimum Gasteiger partial charge on any atom is -0.494 e. The van der Waals surface area contributed by atoms with Crippen LogP contribution in [0.1, 0.15) is 38.8 Å². The average molecular weight is 460 g/mol. The average Bonchev–Trinajstić information content (AvgIpc) is 2.84. The van der Waals surface area contributed by atoms with E-state index in [1.54, 1.807) is 66.7 Å². The summed E-state index contributed by atoms with van der Waals surface area (Å²) in [6.45, 7) is 4.12. The largest absolute Gasteiger partial charge is 0.494 e. The Bertz CT molecular complexity index is 1170. The van der Waals surface area contributed by atoms with E-state index in [0.717, 1.165) is 5.56 Å². The predicted molar refractivity (Wildman–Crippen MR) is 128 cm³/mol. The van der Waals surface area contributed by atoms with Crippen LogP contribution in [0.3, 0.4) is 0 Å². The number of rotatable bonds is 9. The van der Waals surface area contributed by atoms with Crippen LogP contribution in [0.2, 0.25) is 0 Å². The SMILES string of the molecule is CCOc1ccc(C(=O)Oc2ccc(/C=N/NC(=O)CNC(=O)c3cccc(C)c3)cc2)cc1. The molecule has 0 fully saturated rings. The number of amides is 2. The van der Waals surface area contributed by atoms with E-state index in [9.17, 15) is 14.4 Å². The molecule has 0 aromatic heterocycles. The second kappa shape index (κ2) is 12.0. The summed E-state index contributed by atoms with van der Waals surface area (Å²) in [5.74, 6) is -0.219. The number of carbonyl (C=O) groups excluding carboxylic acids is 3. The normalized spacial score (nSPS) is 10.5. The highest BCUT2D eigenvalue weighted by Gasteiger charge is 2.09. The molecule has 0 atom stereocenters. The first-order valence-corrected chi connectivity index (χ1v) is 10.7. The van der Waals surface area contributed by atoms with Crippen molar-refractivity contribution in [3.63, 3.8) is 0 Å². The summed E-state index contributed by atoms with van der Waals surface area (Å²) in [6.07, 6.45) is 1.44. The number of ether oxygens (including phenoxy) is 2. The second-order valence-electron chi connectivity index (χ2n) is 7.26. The van der Waals surface area contributed by atoms with E-state index >= 15 is 0 Å². The molecule has 0 bridgehead atoms. The van der Waals surface area contributed by atoms with Gasteiger partial charge in [-0.2, -0.15) is 5.10 Å². The van der Waals surface area contributed by atoms with Crippen LogP contribution in [0.15, 0.2) is 77.9 Å². The van der Waals surface area contributed by atoms with Crippen molar-refractivity contribution in [2.75, 3.05) is 13.2 Å². The van der Waals surface area contributed by atoms with Crippen molar-refractivity contribution in [3.05, 3.63) is 95.1 Å². The summed E-state index contributed by atoms with van der Waals surface area (Å²) in [5.41, 5.74) is 4.89. The summed E-state index contributed by atoms with van der Waals surface area (Å²) >= 11 is 0. The van der Waals surface area contributed by atoms with Crippen molar-refractivity contribution < 1.29 is 23.9 Å². The van der Waals surface area contributed by atoms with E-state index in [1.807, 2.05) is 19.9 Å². The fourth-order valence-electron chi connectivity index (χ4n) is 2.91. The van der Waals surface area contributed by atoms with Gasteiger partial charge in [-0.25, -0.2) is 10.2 Å².